The van der Waals surface area contributed by atoms with Crippen LogP contribution in [0.25, 0.3) is 11.0 Å². The van der Waals surface area contributed by atoms with Crippen LogP contribution >= 0.6 is 23.2 Å². The normalized spacial score (nSPS) is 10.9. The van der Waals surface area contributed by atoms with E-state index in [0.717, 1.165) is 22.4 Å². The van der Waals surface area contributed by atoms with Gasteiger partial charge < -0.3 is 9.88 Å². The number of imidazole rings is 1. The third-order valence-corrected chi connectivity index (χ3v) is 5.28. The summed E-state index contributed by atoms with van der Waals surface area (Å²) in [6.45, 7) is 0.130. The van der Waals surface area contributed by atoms with Gasteiger partial charge in [-0.2, -0.15) is 0 Å². The van der Waals surface area contributed by atoms with E-state index in [1.54, 1.807) is 18.2 Å². The lowest BCUT2D eigenvalue weighted by Crippen LogP contribution is -2.20. The molecule has 0 aliphatic carbocycles. The van der Waals surface area contributed by atoms with Gasteiger partial charge in [-0.15, -0.1) is 0 Å². The highest BCUT2D eigenvalue weighted by Gasteiger charge is 2.15. The molecule has 1 aromatic heterocycles. The molecular weight excluding hydrogens is 393 g/mol. The summed E-state index contributed by atoms with van der Waals surface area (Å²) in [4.78, 5) is 17.5. The van der Waals surface area contributed by atoms with Crippen LogP contribution in [-0.4, -0.2) is 15.5 Å². The van der Waals surface area contributed by atoms with E-state index in [1.807, 2.05) is 47.0 Å². The van der Waals surface area contributed by atoms with Crippen LogP contribution in [0, 0.1) is 0 Å². The molecule has 6 heteroatoms. The van der Waals surface area contributed by atoms with Gasteiger partial charge in [0.05, 0.1) is 26.8 Å². The minimum Gasteiger partial charge on any atom is -0.323 e. The molecule has 4 rings (SSSR count). The van der Waals surface area contributed by atoms with Gasteiger partial charge in [0, 0.05) is 6.42 Å². The fraction of sp³-hybridized carbons (Fsp3) is 0.0909. The number of fused-ring (bicyclic) bond motifs is 1. The minimum atomic E-state index is -0.193. The van der Waals surface area contributed by atoms with Crippen LogP contribution in [0.5, 0.6) is 0 Å². The second-order valence-corrected chi connectivity index (χ2v) is 7.20. The van der Waals surface area contributed by atoms with E-state index in [0.29, 0.717) is 22.2 Å². The molecule has 1 N–H and O–H groups in total. The summed E-state index contributed by atoms with van der Waals surface area (Å²) in [6.07, 6.45) is 0.640. The summed E-state index contributed by atoms with van der Waals surface area (Å²) in [7, 11) is 0. The number of hydrogen-bond donors (Lipinski definition) is 1. The summed E-state index contributed by atoms with van der Waals surface area (Å²) in [5, 5.41) is 3.57. The number of rotatable bonds is 5. The Kier molecular flexibility index (Phi) is 5.33. The fourth-order valence-corrected chi connectivity index (χ4v) is 3.50. The highest BCUT2D eigenvalue weighted by atomic mass is 35.5. The Labute approximate surface area is 172 Å². The Morgan fingerprint density at radius 2 is 1.68 bits per heavy atom. The molecule has 0 aliphatic heterocycles. The fourth-order valence-electron chi connectivity index (χ4n) is 3.15. The number of anilines is 1. The van der Waals surface area contributed by atoms with Crippen molar-refractivity contribution in [3.8, 4) is 0 Å². The van der Waals surface area contributed by atoms with E-state index in [9.17, 15) is 4.79 Å². The van der Waals surface area contributed by atoms with Gasteiger partial charge in [-0.05, 0) is 29.8 Å². The average Bonchev–Trinajstić information content (AvgIpc) is 3.03. The molecule has 3 aromatic carbocycles. The van der Waals surface area contributed by atoms with Gasteiger partial charge in [0.1, 0.15) is 12.4 Å². The van der Waals surface area contributed by atoms with Crippen molar-refractivity contribution in [3.63, 3.8) is 0 Å². The molecule has 28 heavy (non-hydrogen) atoms. The van der Waals surface area contributed by atoms with Gasteiger partial charge in [-0.3, -0.25) is 4.79 Å². The number of nitrogens with zero attached hydrogens (tertiary/aromatic N) is 2. The van der Waals surface area contributed by atoms with E-state index in [1.165, 1.54) is 0 Å². The number of benzene rings is 3. The Morgan fingerprint density at radius 3 is 2.50 bits per heavy atom. The summed E-state index contributed by atoms with van der Waals surface area (Å²) >= 11 is 12.2. The van der Waals surface area contributed by atoms with Gasteiger partial charge >= 0.3 is 0 Å². The zero-order chi connectivity index (χ0) is 19.5. The van der Waals surface area contributed by atoms with E-state index in [4.69, 9.17) is 28.2 Å². The molecule has 0 spiro atoms. The van der Waals surface area contributed by atoms with Crippen molar-refractivity contribution in [2.75, 3.05) is 5.32 Å². The van der Waals surface area contributed by atoms with Crippen LogP contribution in [0.4, 0.5) is 5.69 Å². The Bertz CT molecular complexity index is 1140. The van der Waals surface area contributed by atoms with Crippen LogP contribution in [0.1, 0.15) is 11.4 Å². The summed E-state index contributed by atoms with van der Waals surface area (Å²) < 4.78 is 1.94. The number of amides is 1. The van der Waals surface area contributed by atoms with Crippen LogP contribution in [0.3, 0.4) is 0 Å². The van der Waals surface area contributed by atoms with Crippen LogP contribution in [-0.2, 0) is 17.8 Å². The molecule has 1 amide bonds. The SMILES string of the molecule is O=C(Cn1c(Cc2ccccc2)nc2ccccc21)Nc1cccc(Cl)c1Cl. The molecule has 0 unspecified atom stereocenters. The maximum Gasteiger partial charge on any atom is 0.244 e. The van der Waals surface area contributed by atoms with Gasteiger partial charge in [0.2, 0.25) is 5.91 Å². The number of carbonyl (C=O) groups excluding carboxylic acids is 1. The quantitative estimate of drug-likeness (QED) is 0.468. The zero-order valence-corrected chi connectivity index (χ0v) is 16.4. The first-order valence-electron chi connectivity index (χ1n) is 8.84. The number of carbonyl (C=O) groups is 1. The largest absolute Gasteiger partial charge is 0.323 e. The lowest BCUT2D eigenvalue weighted by molar-refractivity contribution is -0.116. The highest BCUT2D eigenvalue weighted by Crippen LogP contribution is 2.29. The minimum absolute atomic E-state index is 0.130. The van der Waals surface area contributed by atoms with Gasteiger partial charge in [0.15, 0.2) is 0 Å². The maximum absolute atomic E-state index is 12.7. The molecule has 4 nitrogen and oxygen atoms in total. The Hall–Kier alpha value is -2.82. The predicted molar refractivity (Wildman–Crippen MR) is 114 cm³/mol. The van der Waals surface area contributed by atoms with Crippen LogP contribution in [0.15, 0.2) is 72.8 Å². The van der Waals surface area contributed by atoms with E-state index in [2.05, 4.69) is 17.4 Å². The Morgan fingerprint density at radius 1 is 0.929 bits per heavy atom. The second-order valence-electron chi connectivity index (χ2n) is 6.41. The maximum atomic E-state index is 12.7. The van der Waals surface area contributed by atoms with Gasteiger partial charge in [-0.1, -0.05) is 71.7 Å². The number of halogens is 2. The Balaban J connectivity index is 1.64. The molecule has 0 radical (unpaired) electrons. The molecule has 0 bridgehead atoms. The molecule has 4 aromatic rings. The van der Waals surface area contributed by atoms with Crippen molar-refractivity contribution in [2.24, 2.45) is 0 Å². The van der Waals surface area contributed by atoms with Gasteiger partial charge in [-0.25, -0.2) is 4.98 Å². The van der Waals surface area contributed by atoms with Gasteiger partial charge in [0.25, 0.3) is 0 Å². The molecular formula is C22H17Cl2N3O. The molecule has 140 valence electrons. The summed E-state index contributed by atoms with van der Waals surface area (Å²) in [6, 6.07) is 23.0. The number of para-hydroxylation sites is 2. The number of aromatic nitrogens is 2. The van der Waals surface area contributed by atoms with E-state index in [-0.39, 0.29) is 12.5 Å². The second kappa shape index (κ2) is 8.05. The first-order valence-corrected chi connectivity index (χ1v) is 9.59. The standard InChI is InChI=1S/C22H17Cl2N3O/c23-16-9-6-11-18(22(16)24)26-21(28)14-27-19-12-5-4-10-17(19)25-20(27)13-15-7-2-1-3-8-15/h1-12H,13-14H2,(H,26,28). The van der Waals surface area contributed by atoms with Crippen molar-refractivity contribution in [1.29, 1.82) is 0 Å². The number of hydrogen-bond acceptors (Lipinski definition) is 2. The molecule has 0 fully saturated rings. The smallest absolute Gasteiger partial charge is 0.244 e. The van der Waals surface area contributed by atoms with E-state index >= 15 is 0 Å². The first-order chi connectivity index (χ1) is 13.6. The topological polar surface area (TPSA) is 46.9 Å². The zero-order valence-electron chi connectivity index (χ0n) is 14.9. The van der Waals surface area contributed by atoms with Crippen LogP contribution in [0.2, 0.25) is 10.0 Å². The average molecular weight is 410 g/mol. The summed E-state index contributed by atoms with van der Waals surface area (Å²) in [5.74, 6) is 0.640. The number of nitrogens with one attached hydrogen (secondary N) is 1. The van der Waals surface area contributed by atoms with Crippen molar-refractivity contribution in [1.82, 2.24) is 9.55 Å². The third kappa shape index (κ3) is 3.88. The lowest BCUT2D eigenvalue weighted by atomic mass is 10.1. The van der Waals surface area contributed by atoms with Crippen molar-refractivity contribution in [2.45, 2.75) is 13.0 Å². The molecule has 0 saturated heterocycles. The molecule has 0 atom stereocenters. The van der Waals surface area contributed by atoms with Crippen LogP contribution < -0.4 is 5.32 Å². The summed E-state index contributed by atoms with van der Waals surface area (Å²) in [5.41, 5.74) is 3.41. The molecule has 1 heterocycles. The third-order valence-electron chi connectivity index (χ3n) is 4.47. The highest BCUT2D eigenvalue weighted by molar-refractivity contribution is 6.43. The first kappa shape index (κ1) is 18.5. The van der Waals surface area contributed by atoms with Crippen molar-refractivity contribution in [3.05, 3.63) is 94.2 Å². The van der Waals surface area contributed by atoms with Crippen molar-refractivity contribution >= 4 is 45.8 Å². The molecule has 0 saturated carbocycles. The molecule has 0 aliphatic rings. The van der Waals surface area contributed by atoms with E-state index < -0.39 is 0 Å². The monoisotopic (exact) mass is 409 g/mol. The lowest BCUT2D eigenvalue weighted by Gasteiger charge is -2.11. The predicted octanol–water partition coefficient (Wildman–Crippen LogP) is 5.57. The van der Waals surface area contributed by atoms with Crippen molar-refractivity contribution < 1.29 is 4.79 Å².